The molecule has 1 heterocycles. The van der Waals surface area contributed by atoms with Crippen molar-refractivity contribution in [2.75, 3.05) is 26.4 Å². The molecule has 0 radical (unpaired) electrons. The molecular weight excluding hydrogens is 281 g/mol. The zero-order valence-electron chi connectivity index (χ0n) is 12.5. The van der Waals surface area contributed by atoms with E-state index in [0.29, 0.717) is 26.2 Å². The van der Waals surface area contributed by atoms with Crippen LogP contribution in [0.4, 0.5) is 4.39 Å². The van der Waals surface area contributed by atoms with Crippen LogP contribution in [0.3, 0.4) is 0 Å². The lowest BCUT2D eigenvalue weighted by Gasteiger charge is -2.14. The highest BCUT2D eigenvalue weighted by Crippen LogP contribution is 2.23. The van der Waals surface area contributed by atoms with E-state index < -0.39 is 0 Å². The van der Waals surface area contributed by atoms with Crippen LogP contribution in [0.25, 0.3) is 0 Å². The van der Waals surface area contributed by atoms with Crippen molar-refractivity contribution < 1.29 is 13.9 Å². The van der Waals surface area contributed by atoms with Crippen molar-refractivity contribution in [3.63, 3.8) is 0 Å². The summed E-state index contributed by atoms with van der Waals surface area (Å²) in [5.41, 5.74) is 3.23. The molecule has 1 aliphatic heterocycles. The van der Waals surface area contributed by atoms with Crippen LogP contribution in [0.1, 0.15) is 16.7 Å². The van der Waals surface area contributed by atoms with Gasteiger partial charge in [0.05, 0.1) is 13.2 Å². The van der Waals surface area contributed by atoms with Gasteiger partial charge in [0.2, 0.25) is 0 Å². The van der Waals surface area contributed by atoms with Crippen LogP contribution in [-0.2, 0) is 17.7 Å². The lowest BCUT2D eigenvalue weighted by molar-refractivity contribution is 0.101. The zero-order valence-corrected chi connectivity index (χ0v) is 12.5. The zero-order chi connectivity index (χ0) is 15.2. The molecule has 2 aromatic carbocycles. The normalized spacial score (nSPS) is 16.2. The summed E-state index contributed by atoms with van der Waals surface area (Å²) in [5, 5.41) is 3.35. The van der Waals surface area contributed by atoms with Gasteiger partial charge in [-0.3, -0.25) is 0 Å². The summed E-state index contributed by atoms with van der Waals surface area (Å²) >= 11 is 0. The fraction of sp³-hybridized carbons (Fsp3) is 0.333. The van der Waals surface area contributed by atoms with Crippen molar-refractivity contribution >= 4 is 0 Å². The van der Waals surface area contributed by atoms with Gasteiger partial charge < -0.3 is 14.8 Å². The van der Waals surface area contributed by atoms with E-state index in [-0.39, 0.29) is 5.82 Å². The maximum absolute atomic E-state index is 13.6. The van der Waals surface area contributed by atoms with Crippen molar-refractivity contribution in [1.82, 2.24) is 5.32 Å². The SMILES string of the molecule is Fc1ccc2c(c1)Cc1cccc(c1)CNCCOCCO2. The minimum absolute atomic E-state index is 0.238. The van der Waals surface area contributed by atoms with Crippen LogP contribution in [0, 0.1) is 5.82 Å². The molecule has 0 aliphatic carbocycles. The maximum atomic E-state index is 13.6. The summed E-state index contributed by atoms with van der Waals surface area (Å²) in [6.45, 7) is 3.28. The number of hydrogen-bond donors (Lipinski definition) is 1. The summed E-state index contributed by atoms with van der Waals surface area (Å²) in [6.07, 6.45) is 0.655. The van der Waals surface area contributed by atoms with Crippen LogP contribution in [0.15, 0.2) is 42.5 Å². The molecular formula is C18H20FNO2. The van der Waals surface area contributed by atoms with Gasteiger partial charge in [0.1, 0.15) is 18.2 Å². The van der Waals surface area contributed by atoms with Crippen LogP contribution in [-0.4, -0.2) is 26.4 Å². The van der Waals surface area contributed by atoms with E-state index in [2.05, 4.69) is 23.5 Å². The first kappa shape index (κ1) is 15.0. The van der Waals surface area contributed by atoms with Gasteiger partial charge in [-0.05, 0) is 29.3 Å². The van der Waals surface area contributed by atoms with Gasteiger partial charge in [0.15, 0.2) is 0 Å². The molecule has 0 unspecified atom stereocenters. The molecule has 2 bridgehead atoms. The predicted octanol–water partition coefficient (Wildman–Crippen LogP) is 2.92. The maximum Gasteiger partial charge on any atom is 0.123 e. The van der Waals surface area contributed by atoms with E-state index in [1.165, 1.54) is 11.6 Å². The Bertz CT molecular complexity index is 630. The van der Waals surface area contributed by atoms with E-state index in [4.69, 9.17) is 9.47 Å². The predicted molar refractivity (Wildman–Crippen MR) is 83.7 cm³/mol. The quantitative estimate of drug-likeness (QED) is 0.811. The summed E-state index contributed by atoms with van der Waals surface area (Å²) in [6, 6.07) is 13.0. The van der Waals surface area contributed by atoms with Gasteiger partial charge in [0.25, 0.3) is 0 Å². The molecule has 0 spiro atoms. The van der Waals surface area contributed by atoms with Gasteiger partial charge in [-0.1, -0.05) is 24.3 Å². The molecule has 0 saturated carbocycles. The first-order chi connectivity index (χ1) is 10.8. The summed E-state index contributed by atoms with van der Waals surface area (Å²) < 4.78 is 24.8. The van der Waals surface area contributed by atoms with Crippen LogP contribution < -0.4 is 10.1 Å². The lowest BCUT2D eigenvalue weighted by atomic mass is 10.0. The van der Waals surface area contributed by atoms with E-state index >= 15 is 0 Å². The molecule has 2 aromatic rings. The Kier molecular flexibility index (Phi) is 5.03. The first-order valence-electron chi connectivity index (χ1n) is 7.59. The largest absolute Gasteiger partial charge is 0.491 e. The number of benzene rings is 2. The summed E-state index contributed by atoms with van der Waals surface area (Å²) in [5.74, 6) is 0.489. The minimum atomic E-state index is -0.238. The van der Waals surface area contributed by atoms with E-state index in [1.54, 1.807) is 12.1 Å². The van der Waals surface area contributed by atoms with Crippen LogP contribution in [0.2, 0.25) is 0 Å². The summed E-state index contributed by atoms with van der Waals surface area (Å²) in [4.78, 5) is 0. The molecule has 0 atom stereocenters. The Morgan fingerprint density at radius 1 is 0.955 bits per heavy atom. The average Bonchev–Trinajstić information content (AvgIpc) is 2.51. The average molecular weight is 301 g/mol. The first-order valence-corrected chi connectivity index (χ1v) is 7.59. The number of hydrogen-bond acceptors (Lipinski definition) is 3. The smallest absolute Gasteiger partial charge is 0.123 e. The third kappa shape index (κ3) is 4.06. The molecule has 0 amide bonds. The van der Waals surface area contributed by atoms with E-state index in [9.17, 15) is 4.39 Å². The van der Waals surface area contributed by atoms with Crippen molar-refractivity contribution in [3.05, 3.63) is 65.0 Å². The number of ether oxygens (including phenoxy) is 2. The third-order valence-corrected chi connectivity index (χ3v) is 3.65. The second-order valence-electron chi connectivity index (χ2n) is 5.39. The monoisotopic (exact) mass is 301 g/mol. The van der Waals surface area contributed by atoms with Crippen LogP contribution >= 0.6 is 0 Å². The van der Waals surface area contributed by atoms with E-state index in [0.717, 1.165) is 30.0 Å². The number of fused-ring (bicyclic) bond motifs is 3. The van der Waals surface area contributed by atoms with Gasteiger partial charge in [-0.25, -0.2) is 4.39 Å². The summed E-state index contributed by atoms with van der Waals surface area (Å²) in [7, 11) is 0. The van der Waals surface area contributed by atoms with E-state index in [1.807, 2.05) is 6.07 Å². The fourth-order valence-electron chi connectivity index (χ4n) is 2.59. The molecule has 4 heteroatoms. The van der Waals surface area contributed by atoms with Crippen molar-refractivity contribution in [3.8, 4) is 5.75 Å². The molecule has 1 N–H and O–H groups in total. The van der Waals surface area contributed by atoms with Crippen molar-refractivity contribution in [2.24, 2.45) is 0 Å². The van der Waals surface area contributed by atoms with Gasteiger partial charge >= 0.3 is 0 Å². The molecule has 3 nitrogen and oxygen atoms in total. The Morgan fingerprint density at radius 2 is 1.86 bits per heavy atom. The second kappa shape index (κ2) is 7.38. The lowest BCUT2D eigenvalue weighted by Crippen LogP contribution is -2.21. The van der Waals surface area contributed by atoms with Crippen LogP contribution in [0.5, 0.6) is 5.75 Å². The number of halogens is 1. The van der Waals surface area contributed by atoms with Crippen molar-refractivity contribution in [2.45, 2.75) is 13.0 Å². The van der Waals surface area contributed by atoms with Gasteiger partial charge in [-0.2, -0.15) is 0 Å². The number of rotatable bonds is 0. The minimum Gasteiger partial charge on any atom is -0.491 e. The van der Waals surface area contributed by atoms with Crippen molar-refractivity contribution in [1.29, 1.82) is 0 Å². The topological polar surface area (TPSA) is 30.5 Å². The number of nitrogens with one attached hydrogen (secondary N) is 1. The molecule has 22 heavy (non-hydrogen) atoms. The molecule has 0 aromatic heterocycles. The second-order valence-corrected chi connectivity index (χ2v) is 5.39. The Balaban J connectivity index is 1.88. The Hall–Kier alpha value is -1.91. The molecule has 0 fully saturated rings. The molecule has 0 saturated heterocycles. The third-order valence-electron chi connectivity index (χ3n) is 3.65. The molecule has 1 aliphatic rings. The standard InChI is InChI=1S/C18H20FNO2/c19-17-4-5-18-16(12-17)11-14-2-1-3-15(10-14)13-20-6-7-21-8-9-22-18/h1-5,10,12,20H,6-9,11,13H2. The molecule has 3 rings (SSSR count). The Morgan fingerprint density at radius 3 is 2.82 bits per heavy atom. The Labute approximate surface area is 130 Å². The highest BCUT2D eigenvalue weighted by Gasteiger charge is 2.08. The van der Waals surface area contributed by atoms with Gasteiger partial charge in [-0.15, -0.1) is 0 Å². The highest BCUT2D eigenvalue weighted by atomic mass is 19.1. The fourth-order valence-corrected chi connectivity index (χ4v) is 2.59. The molecule has 116 valence electrons. The highest BCUT2D eigenvalue weighted by molar-refractivity contribution is 5.39. The van der Waals surface area contributed by atoms with Gasteiger partial charge in [0, 0.05) is 25.1 Å².